The first-order valence-electron chi connectivity index (χ1n) is 30.8. The van der Waals surface area contributed by atoms with Crippen LogP contribution in [-0.4, -0.2) is 192 Å². The predicted molar refractivity (Wildman–Crippen MR) is 346 cm³/mol. The van der Waals surface area contributed by atoms with E-state index < -0.39 is 0 Å². The number of aromatic nitrogens is 5. The van der Waals surface area contributed by atoms with Gasteiger partial charge >= 0.3 is 0 Å². The summed E-state index contributed by atoms with van der Waals surface area (Å²) in [6.07, 6.45) is 35.5. The number of hydrazone groups is 1. The fraction of sp³-hybridized carbons (Fsp3) is 0.719. The van der Waals surface area contributed by atoms with E-state index in [9.17, 15) is 0 Å². The van der Waals surface area contributed by atoms with Gasteiger partial charge in [-0.2, -0.15) is 10.2 Å². The van der Waals surface area contributed by atoms with Crippen molar-refractivity contribution in [3.63, 3.8) is 0 Å². The van der Waals surface area contributed by atoms with Crippen molar-refractivity contribution < 1.29 is 0 Å². The maximum absolute atomic E-state index is 4.14. The first kappa shape index (κ1) is 73.1. The van der Waals surface area contributed by atoms with Gasteiger partial charge in [0.1, 0.15) is 0 Å². The molecule has 0 atom stereocenters. The van der Waals surface area contributed by atoms with E-state index in [4.69, 9.17) is 0 Å². The molecule has 0 radical (unpaired) electrons. The summed E-state index contributed by atoms with van der Waals surface area (Å²) in [5, 5.41) is 16.7. The second-order valence-corrected chi connectivity index (χ2v) is 23.8. The molecule has 10 rings (SSSR count). The zero-order valence-electron chi connectivity index (χ0n) is 54.7. The van der Waals surface area contributed by atoms with Gasteiger partial charge in [0.05, 0.1) is 25.9 Å². The lowest BCUT2D eigenvalue weighted by atomic mass is 10.3. The second-order valence-electron chi connectivity index (χ2n) is 23.8. The molecule has 80 heavy (non-hydrogen) atoms. The number of hydrogen-bond acceptors (Lipinski definition) is 13. The van der Waals surface area contributed by atoms with Crippen molar-refractivity contribution in [1.29, 1.82) is 0 Å². The lowest BCUT2D eigenvalue weighted by Crippen LogP contribution is -2.29. The Balaban J connectivity index is 0.000000444. The van der Waals surface area contributed by atoms with E-state index in [1.165, 1.54) is 45.4 Å². The molecule has 0 aliphatic carbocycles. The van der Waals surface area contributed by atoms with Crippen LogP contribution in [0.5, 0.6) is 0 Å². The molecule has 2 fully saturated rings. The summed E-state index contributed by atoms with van der Waals surface area (Å²) in [5.41, 5.74) is 0. The minimum Gasteiger partial charge on any atom is -0.375 e. The SMILES string of the molecule is CC(C)N1C=CCC1.CC(C)N1C=CNC1.CC(C)N1C=NCC1.CC(C)N1CC=CC1.CC(C)N1CCC=N1.CC(C)N1CCCC1.CC(C)N1CCNC1.CC(C)n1cccc1.CC(C)n1cccn1.CC(C)n1ccnc1. The first-order chi connectivity index (χ1) is 38.0. The van der Waals surface area contributed by atoms with Gasteiger partial charge in [0.15, 0.2) is 0 Å². The minimum absolute atomic E-state index is 0.491. The van der Waals surface area contributed by atoms with Crippen LogP contribution in [0.4, 0.5) is 0 Å². The standard InChI is InChI=1S/C7H15N.2C7H13N.C7H11N.C6H14N2.2C6H12N2.C6H10N2.C6H12N2.C6H10N2/c4*1-7(2)8-5-3-4-6-8;4*1-6(2)8-4-3-7-5-8;2*1-6(2)8-5-3-4-7-8/h7H,3-6H2,1-2H3;3,5,7H,4,6H2,1-2H3;3-4,7H,5-6H2,1-2H3;3-7H,1-2H3;6-7H,3-5H2,1-2H3;5-6H,3-4H2,1-2H3;3-4,6-7H,5H2,1-2H3;3-6H,1-2H3;4,6H,3,5H2,1-2H3;3-6H,1-2H3. The maximum Gasteiger partial charge on any atom is 0.0948 e. The average Bonchev–Trinajstić information content (AvgIpc) is 4.28. The van der Waals surface area contributed by atoms with Crippen molar-refractivity contribution in [3.8, 4) is 0 Å². The Morgan fingerprint density at radius 3 is 1.31 bits per heavy atom. The fourth-order valence-electron chi connectivity index (χ4n) is 8.23. The Labute approximate surface area is 491 Å². The van der Waals surface area contributed by atoms with E-state index in [2.05, 4.69) is 256 Å². The van der Waals surface area contributed by atoms with E-state index in [0.29, 0.717) is 54.4 Å². The lowest BCUT2D eigenvalue weighted by Gasteiger charge is -2.19. The van der Waals surface area contributed by atoms with Crippen LogP contribution in [0.3, 0.4) is 0 Å². The van der Waals surface area contributed by atoms with E-state index in [1.807, 2.05) is 60.4 Å². The van der Waals surface area contributed by atoms with Crippen LogP contribution in [0.1, 0.15) is 182 Å². The van der Waals surface area contributed by atoms with Crippen LogP contribution >= 0.6 is 0 Å². The molecule has 458 valence electrons. The van der Waals surface area contributed by atoms with Crippen LogP contribution in [0.15, 0.2) is 109 Å². The highest BCUT2D eigenvalue weighted by Gasteiger charge is 2.14. The molecule has 0 unspecified atom stereocenters. The van der Waals surface area contributed by atoms with Crippen molar-refractivity contribution in [1.82, 2.24) is 68.9 Å². The van der Waals surface area contributed by atoms with E-state index in [-0.39, 0.29) is 0 Å². The Bertz CT molecular complexity index is 1730. The summed E-state index contributed by atoms with van der Waals surface area (Å²) < 4.78 is 6.14. The van der Waals surface area contributed by atoms with Crippen molar-refractivity contribution >= 4 is 12.6 Å². The summed E-state index contributed by atoms with van der Waals surface area (Å²) in [7, 11) is 0. The summed E-state index contributed by atoms with van der Waals surface area (Å²) in [6.45, 7) is 57.5. The smallest absolute Gasteiger partial charge is 0.0948 e. The highest BCUT2D eigenvalue weighted by Crippen LogP contribution is 2.11. The zero-order chi connectivity index (χ0) is 59.8. The minimum atomic E-state index is 0.491. The number of nitrogens with zero attached hydrogens (tertiary/aromatic N) is 14. The largest absolute Gasteiger partial charge is 0.375 e. The van der Waals surface area contributed by atoms with Gasteiger partial charge in [0.25, 0.3) is 0 Å². The molecule has 0 bridgehead atoms. The molecule has 7 aliphatic heterocycles. The van der Waals surface area contributed by atoms with Crippen LogP contribution < -0.4 is 10.6 Å². The summed E-state index contributed by atoms with van der Waals surface area (Å²) in [6, 6.07) is 12.4. The van der Waals surface area contributed by atoms with Crippen molar-refractivity contribution in [2.45, 2.75) is 225 Å². The van der Waals surface area contributed by atoms with E-state index >= 15 is 0 Å². The molecular formula is C64H122N16. The van der Waals surface area contributed by atoms with Gasteiger partial charge < -0.3 is 39.4 Å². The molecule has 10 heterocycles. The molecule has 3 aromatic rings. The number of likely N-dealkylation sites (tertiary alicyclic amines) is 1. The van der Waals surface area contributed by atoms with Crippen LogP contribution in [0.2, 0.25) is 0 Å². The monoisotopic (exact) mass is 1120 g/mol. The molecule has 16 nitrogen and oxygen atoms in total. The number of aliphatic imine (C=N–C) groups is 1. The summed E-state index contributed by atoms with van der Waals surface area (Å²) >= 11 is 0. The molecule has 0 amide bonds. The first-order valence-corrected chi connectivity index (χ1v) is 30.8. The predicted octanol–water partition coefficient (Wildman–Crippen LogP) is 12.2. The van der Waals surface area contributed by atoms with Gasteiger partial charge in [0, 0.05) is 175 Å². The second kappa shape index (κ2) is 43.8. The third-order valence-corrected chi connectivity index (χ3v) is 14.0. The Morgan fingerprint density at radius 2 is 1.06 bits per heavy atom. The lowest BCUT2D eigenvalue weighted by molar-refractivity contribution is 0.258. The number of imidazole rings is 1. The van der Waals surface area contributed by atoms with E-state index in [1.54, 1.807) is 12.4 Å². The Hall–Kier alpha value is -4.90. The van der Waals surface area contributed by atoms with Gasteiger partial charge in [0.2, 0.25) is 0 Å². The average molecular weight is 1120 g/mol. The topological polar surface area (TPSA) is 112 Å². The van der Waals surface area contributed by atoms with Gasteiger partial charge in [-0.15, -0.1) is 0 Å². The van der Waals surface area contributed by atoms with Crippen LogP contribution in [0, 0.1) is 0 Å². The molecule has 0 spiro atoms. The molecule has 16 heteroatoms. The number of hydrogen-bond donors (Lipinski definition) is 2. The number of rotatable bonds is 10. The molecule has 0 aromatic carbocycles. The van der Waals surface area contributed by atoms with E-state index in [0.717, 1.165) is 65.1 Å². The molecule has 7 aliphatic rings. The summed E-state index contributed by atoms with van der Waals surface area (Å²) in [4.78, 5) is 22.2. The highest BCUT2D eigenvalue weighted by molar-refractivity contribution is 5.58. The molecule has 0 saturated carbocycles. The highest BCUT2D eigenvalue weighted by atomic mass is 15.5. The normalized spacial score (nSPS) is 17.1. The van der Waals surface area contributed by atoms with Crippen molar-refractivity contribution in [2.75, 3.05) is 78.8 Å². The molecular weight excluding hydrogens is 993 g/mol. The molecule has 2 N–H and O–H groups in total. The Kier molecular flexibility index (Phi) is 40.0. The number of nitrogens with one attached hydrogen (secondary N) is 2. The Morgan fingerprint density at radius 1 is 0.450 bits per heavy atom. The quantitative estimate of drug-likeness (QED) is 0.189. The van der Waals surface area contributed by atoms with Gasteiger partial charge in [-0.3, -0.25) is 24.5 Å². The zero-order valence-corrected chi connectivity index (χ0v) is 54.7. The van der Waals surface area contributed by atoms with Gasteiger partial charge in [-0.25, -0.2) is 4.98 Å². The van der Waals surface area contributed by atoms with Gasteiger partial charge in [-0.1, -0.05) is 18.2 Å². The third kappa shape index (κ3) is 34.4. The van der Waals surface area contributed by atoms with Crippen molar-refractivity contribution in [3.05, 3.63) is 98.5 Å². The molecule has 3 aromatic heterocycles. The van der Waals surface area contributed by atoms with Crippen LogP contribution in [0.25, 0.3) is 0 Å². The summed E-state index contributed by atoms with van der Waals surface area (Å²) in [5.74, 6) is 0. The molecule has 2 saturated heterocycles. The van der Waals surface area contributed by atoms with Crippen LogP contribution in [-0.2, 0) is 0 Å². The van der Waals surface area contributed by atoms with Gasteiger partial charge in [-0.05, 0) is 195 Å². The van der Waals surface area contributed by atoms with Crippen molar-refractivity contribution in [2.24, 2.45) is 10.1 Å². The third-order valence-electron chi connectivity index (χ3n) is 14.0. The maximum atomic E-state index is 4.14. The fourth-order valence-corrected chi connectivity index (χ4v) is 8.23.